The molecule has 0 heterocycles. The molecule has 0 amide bonds. The fourth-order valence-corrected chi connectivity index (χ4v) is 1.55. The molecule has 1 aromatic rings. The summed E-state index contributed by atoms with van der Waals surface area (Å²) in [4.78, 5) is 0. The van der Waals surface area contributed by atoms with E-state index in [1.807, 2.05) is 6.92 Å². The van der Waals surface area contributed by atoms with Crippen LogP contribution >= 0.6 is 0 Å². The topological polar surface area (TPSA) is 45.0 Å². The highest BCUT2D eigenvalue weighted by atomic mass is 19.1. The van der Waals surface area contributed by atoms with Crippen molar-refractivity contribution in [2.75, 3.05) is 13.7 Å². The molecule has 0 saturated heterocycles. The summed E-state index contributed by atoms with van der Waals surface area (Å²) < 4.78 is 18.2. The van der Waals surface area contributed by atoms with Gasteiger partial charge in [-0.1, -0.05) is 6.92 Å². The summed E-state index contributed by atoms with van der Waals surface area (Å²) in [5.41, 5.74) is 0.764. The number of nitriles is 1. The van der Waals surface area contributed by atoms with Crippen LogP contribution in [-0.2, 0) is 6.54 Å². The van der Waals surface area contributed by atoms with Gasteiger partial charge in [-0.3, -0.25) is 0 Å². The maximum absolute atomic E-state index is 13.1. The minimum absolute atomic E-state index is 0.00504. The van der Waals surface area contributed by atoms with Crippen LogP contribution in [0.4, 0.5) is 4.39 Å². The number of methoxy groups -OCH3 is 1. The van der Waals surface area contributed by atoms with Gasteiger partial charge in [-0.05, 0) is 24.6 Å². The highest BCUT2D eigenvalue weighted by molar-refractivity contribution is 5.33. The van der Waals surface area contributed by atoms with Crippen molar-refractivity contribution < 1.29 is 9.13 Å². The smallest absolute Gasteiger partial charge is 0.123 e. The second-order valence-electron chi connectivity index (χ2n) is 3.82. The summed E-state index contributed by atoms with van der Waals surface area (Å²) in [6.07, 6.45) is 0.809. The Morgan fingerprint density at radius 2 is 2.29 bits per heavy atom. The summed E-state index contributed by atoms with van der Waals surface area (Å²) >= 11 is 0. The highest BCUT2D eigenvalue weighted by Crippen LogP contribution is 2.18. The van der Waals surface area contributed by atoms with Crippen LogP contribution in [0, 0.1) is 23.1 Å². The van der Waals surface area contributed by atoms with Crippen LogP contribution in [0.1, 0.15) is 18.9 Å². The number of halogens is 1. The molecular formula is C13H17FN2O. The van der Waals surface area contributed by atoms with E-state index in [4.69, 9.17) is 10.00 Å². The van der Waals surface area contributed by atoms with Crippen molar-refractivity contribution in [3.05, 3.63) is 29.6 Å². The minimum Gasteiger partial charge on any atom is -0.496 e. The van der Waals surface area contributed by atoms with E-state index in [1.165, 1.54) is 12.1 Å². The van der Waals surface area contributed by atoms with Crippen molar-refractivity contribution in [3.63, 3.8) is 0 Å². The number of hydrogen-bond acceptors (Lipinski definition) is 3. The Hall–Kier alpha value is -1.60. The van der Waals surface area contributed by atoms with Gasteiger partial charge in [0.1, 0.15) is 11.6 Å². The molecule has 3 nitrogen and oxygen atoms in total. The molecule has 1 N–H and O–H groups in total. The monoisotopic (exact) mass is 236 g/mol. The summed E-state index contributed by atoms with van der Waals surface area (Å²) in [6, 6.07) is 6.63. The molecule has 0 aromatic heterocycles. The fourth-order valence-electron chi connectivity index (χ4n) is 1.55. The predicted octanol–water partition coefficient (Wildman–Crippen LogP) is 2.47. The molecule has 0 radical (unpaired) electrons. The summed E-state index contributed by atoms with van der Waals surface area (Å²) in [5, 5.41) is 11.9. The molecule has 1 unspecified atom stereocenters. The van der Waals surface area contributed by atoms with Crippen LogP contribution < -0.4 is 10.1 Å². The molecule has 1 rings (SSSR count). The van der Waals surface area contributed by atoms with Crippen LogP contribution in [0.5, 0.6) is 5.75 Å². The number of nitrogens with zero attached hydrogens (tertiary/aromatic N) is 1. The number of benzene rings is 1. The summed E-state index contributed by atoms with van der Waals surface area (Å²) in [5.74, 6) is 0.369. The zero-order valence-corrected chi connectivity index (χ0v) is 10.2. The molecule has 1 aromatic carbocycles. The van der Waals surface area contributed by atoms with Crippen LogP contribution in [-0.4, -0.2) is 13.7 Å². The Kier molecular flexibility index (Phi) is 5.44. The number of hydrogen-bond donors (Lipinski definition) is 1. The average Bonchev–Trinajstić information content (AvgIpc) is 2.35. The molecule has 0 spiro atoms. The van der Waals surface area contributed by atoms with Gasteiger partial charge in [-0.15, -0.1) is 0 Å². The molecule has 92 valence electrons. The largest absolute Gasteiger partial charge is 0.496 e. The molecule has 0 bridgehead atoms. The van der Waals surface area contributed by atoms with E-state index in [0.717, 1.165) is 12.0 Å². The van der Waals surface area contributed by atoms with Crippen molar-refractivity contribution in [2.24, 2.45) is 5.92 Å². The minimum atomic E-state index is -0.282. The maximum Gasteiger partial charge on any atom is 0.123 e. The van der Waals surface area contributed by atoms with E-state index in [-0.39, 0.29) is 11.7 Å². The average molecular weight is 236 g/mol. The van der Waals surface area contributed by atoms with E-state index in [2.05, 4.69) is 11.4 Å². The maximum atomic E-state index is 13.1. The number of ether oxygens (including phenoxy) is 1. The molecular weight excluding hydrogens is 219 g/mol. The molecule has 17 heavy (non-hydrogen) atoms. The number of rotatable bonds is 6. The van der Waals surface area contributed by atoms with E-state index in [1.54, 1.807) is 13.2 Å². The van der Waals surface area contributed by atoms with Gasteiger partial charge >= 0.3 is 0 Å². The van der Waals surface area contributed by atoms with E-state index in [9.17, 15) is 4.39 Å². The third kappa shape index (κ3) is 4.04. The third-order valence-corrected chi connectivity index (χ3v) is 2.62. The van der Waals surface area contributed by atoms with Crippen LogP contribution in [0.3, 0.4) is 0 Å². The van der Waals surface area contributed by atoms with Crippen molar-refractivity contribution >= 4 is 0 Å². The first kappa shape index (κ1) is 13.5. The first-order chi connectivity index (χ1) is 8.21. The quantitative estimate of drug-likeness (QED) is 0.825. The van der Waals surface area contributed by atoms with Crippen molar-refractivity contribution in [3.8, 4) is 11.8 Å². The molecule has 4 heteroatoms. The predicted molar refractivity (Wildman–Crippen MR) is 64.1 cm³/mol. The van der Waals surface area contributed by atoms with Gasteiger partial charge in [0.15, 0.2) is 0 Å². The first-order valence-electron chi connectivity index (χ1n) is 5.64. The Labute approximate surface area is 101 Å². The molecule has 0 fully saturated rings. The standard InChI is InChI=1S/C13H17FN2O/c1-3-10(7-15)8-16-9-11-6-12(14)4-5-13(11)17-2/h4-6,10,16H,3,8-9H2,1-2H3. The van der Waals surface area contributed by atoms with E-state index in [0.29, 0.717) is 18.8 Å². The van der Waals surface area contributed by atoms with Gasteiger partial charge < -0.3 is 10.1 Å². The lowest BCUT2D eigenvalue weighted by Gasteiger charge is -2.11. The Balaban J connectivity index is 2.57. The SMILES string of the molecule is CCC(C#N)CNCc1cc(F)ccc1OC. The van der Waals surface area contributed by atoms with Gasteiger partial charge in [0.25, 0.3) is 0 Å². The van der Waals surface area contributed by atoms with Gasteiger partial charge in [0.05, 0.1) is 19.1 Å². The fraction of sp³-hybridized carbons (Fsp3) is 0.462. The zero-order chi connectivity index (χ0) is 12.7. The lowest BCUT2D eigenvalue weighted by atomic mass is 10.1. The molecule has 0 saturated carbocycles. The van der Waals surface area contributed by atoms with Crippen LogP contribution in [0.2, 0.25) is 0 Å². The Morgan fingerprint density at radius 3 is 2.88 bits per heavy atom. The van der Waals surface area contributed by atoms with Gasteiger partial charge in [0, 0.05) is 18.7 Å². The Morgan fingerprint density at radius 1 is 1.53 bits per heavy atom. The second-order valence-corrected chi connectivity index (χ2v) is 3.82. The third-order valence-electron chi connectivity index (χ3n) is 2.62. The highest BCUT2D eigenvalue weighted by Gasteiger charge is 2.07. The first-order valence-corrected chi connectivity index (χ1v) is 5.64. The molecule has 0 aliphatic heterocycles. The normalized spacial score (nSPS) is 11.9. The van der Waals surface area contributed by atoms with Gasteiger partial charge in [-0.25, -0.2) is 4.39 Å². The van der Waals surface area contributed by atoms with Crippen LogP contribution in [0.15, 0.2) is 18.2 Å². The summed E-state index contributed by atoms with van der Waals surface area (Å²) in [7, 11) is 1.56. The second kappa shape index (κ2) is 6.87. The molecule has 0 aliphatic carbocycles. The van der Waals surface area contributed by atoms with Crippen molar-refractivity contribution in [1.82, 2.24) is 5.32 Å². The van der Waals surface area contributed by atoms with Crippen molar-refractivity contribution in [2.45, 2.75) is 19.9 Å². The van der Waals surface area contributed by atoms with Crippen LogP contribution in [0.25, 0.3) is 0 Å². The lowest BCUT2D eigenvalue weighted by Crippen LogP contribution is -2.21. The number of nitrogens with one attached hydrogen (secondary N) is 1. The molecule has 0 aliphatic rings. The van der Waals surface area contributed by atoms with E-state index < -0.39 is 0 Å². The lowest BCUT2D eigenvalue weighted by molar-refractivity contribution is 0.405. The van der Waals surface area contributed by atoms with Crippen molar-refractivity contribution in [1.29, 1.82) is 5.26 Å². The zero-order valence-electron chi connectivity index (χ0n) is 10.2. The molecule has 1 atom stereocenters. The van der Waals surface area contributed by atoms with E-state index >= 15 is 0 Å². The van der Waals surface area contributed by atoms with Gasteiger partial charge in [-0.2, -0.15) is 5.26 Å². The van der Waals surface area contributed by atoms with Gasteiger partial charge in [0.2, 0.25) is 0 Å². The summed E-state index contributed by atoms with van der Waals surface area (Å²) in [6.45, 7) is 3.07. The Bertz CT molecular complexity index is 401.